The lowest BCUT2D eigenvalue weighted by Crippen LogP contribution is -2.36. The van der Waals surface area contributed by atoms with Gasteiger partial charge in [0.2, 0.25) is 5.91 Å². The fourth-order valence-electron chi connectivity index (χ4n) is 1.88. The number of carbonyl (C=O) groups excluding carboxylic acids is 1. The molecule has 0 aliphatic carbocycles. The van der Waals surface area contributed by atoms with Crippen molar-refractivity contribution in [1.29, 1.82) is 0 Å². The summed E-state index contributed by atoms with van der Waals surface area (Å²) in [4.78, 5) is 13.0. The number of halogens is 3. The Morgan fingerprint density at radius 1 is 1.37 bits per heavy atom. The molecule has 0 aliphatic heterocycles. The van der Waals surface area contributed by atoms with Gasteiger partial charge in [0.1, 0.15) is 0 Å². The van der Waals surface area contributed by atoms with Gasteiger partial charge in [-0.3, -0.25) is 4.79 Å². The first-order valence-corrected chi connectivity index (χ1v) is 6.74. The first-order chi connectivity index (χ1) is 9.04. The average molecular weight is 290 g/mol. The molecule has 1 rings (SSSR count). The van der Waals surface area contributed by atoms with Gasteiger partial charge in [0.05, 0.1) is 6.54 Å². The first kappa shape index (κ1) is 15.9. The number of hydrogen-bond donors (Lipinski definition) is 0. The molecular formula is C14H18ClF2NO. The average Bonchev–Trinajstić information content (AvgIpc) is 2.36. The van der Waals surface area contributed by atoms with Crippen LogP contribution in [0.25, 0.3) is 0 Å². The zero-order chi connectivity index (χ0) is 14.3. The van der Waals surface area contributed by atoms with Crippen LogP contribution < -0.4 is 0 Å². The lowest BCUT2D eigenvalue weighted by Gasteiger charge is -2.21. The summed E-state index contributed by atoms with van der Waals surface area (Å²) in [5.74, 6) is -0.104. The van der Waals surface area contributed by atoms with Gasteiger partial charge in [0.15, 0.2) is 0 Å². The molecule has 5 heteroatoms. The Morgan fingerprint density at radius 3 is 2.63 bits per heavy atom. The largest absolute Gasteiger partial charge is 0.336 e. The van der Waals surface area contributed by atoms with Gasteiger partial charge < -0.3 is 4.90 Å². The predicted octanol–water partition coefficient (Wildman–Crippen LogP) is 3.26. The summed E-state index contributed by atoms with van der Waals surface area (Å²) in [7, 11) is 0. The number of aryl methyl sites for hydroxylation is 2. The Morgan fingerprint density at radius 2 is 2.05 bits per heavy atom. The van der Waals surface area contributed by atoms with Crippen LogP contribution in [0.2, 0.25) is 0 Å². The molecule has 0 spiro atoms. The van der Waals surface area contributed by atoms with Crippen LogP contribution >= 0.6 is 11.6 Å². The molecule has 0 heterocycles. The van der Waals surface area contributed by atoms with Gasteiger partial charge in [-0.2, -0.15) is 0 Å². The Balaban J connectivity index is 2.55. The molecular weight excluding hydrogens is 272 g/mol. The fraction of sp³-hybridized carbons (Fsp3) is 0.500. The van der Waals surface area contributed by atoms with Gasteiger partial charge >= 0.3 is 0 Å². The standard InChI is InChI=1S/C14H18ClF2NO/c1-11-4-2-3-5-12(11)6-7-14(19)18(9-8-15)10-13(16)17/h2-5,13H,6-10H2,1H3. The third kappa shape index (κ3) is 5.55. The Hall–Kier alpha value is -1.16. The highest BCUT2D eigenvalue weighted by molar-refractivity contribution is 6.18. The number of carbonyl (C=O) groups is 1. The minimum absolute atomic E-state index is 0.165. The zero-order valence-corrected chi connectivity index (χ0v) is 11.7. The van der Waals surface area contributed by atoms with Crippen LogP contribution in [0.5, 0.6) is 0 Å². The van der Waals surface area contributed by atoms with Crippen molar-refractivity contribution in [3.8, 4) is 0 Å². The highest BCUT2D eigenvalue weighted by Gasteiger charge is 2.17. The molecule has 0 saturated heterocycles. The summed E-state index contributed by atoms with van der Waals surface area (Å²) >= 11 is 5.53. The first-order valence-electron chi connectivity index (χ1n) is 6.21. The van der Waals surface area contributed by atoms with E-state index in [2.05, 4.69) is 0 Å². The fourth-order valence-corrected chi connectivity index (χ4v) is 2.08. The minimum Gasteiger partial charge on any atom is -0.336 e. The summed E-state index contributed by atoms with van der Waals surface area (Å²) in [6.45, 7) is 1.59. The molecule has 0 bridgehead atoms. The van der Waals surface area contributed by atoms with Crippen LogP contribution in [0, 0.1) is 6.92 Å². The summed E-state index contributed by atoms with van der Waals surface area (Å²) < 4.78 is 24.7. The maximum Gasteiger partial charge on any atom is 0.255 e. The monoisotopic (exact) mass is 289 g/mol. The molecule has 0 saturated carbocycles. The molecule has 1 amide bonds. The maximum atomic E-state index is 12.4. The van der Waals surface area contributed by atoms with Gasteiger partial charge in [0, 0.05) is 18.8 Å². The molecule has 0 fully saturated rings. The molecule has 0 aliphatic rings. The van der Waals surface area contributed by atoms with Crippen LogP contribution in [0.1, 0.15) is 17.5 Å². The summed E-state index contributed by atoms with van der Waals surface area (Å²) in [5.41, 5.74) is 2.17. The number of hydrogen-bond acceptors (Lipinski definition) is 1. The summed E-state index contributed by atoms with van der Waals surface area (Å²) in [6.07, 6.45) is -1.73. The van der Waals surface area contributed by atoms with Crippen molar-refractivity contribution in [2.24, 2.45) is 0 Å². The molecule has 1 aromatic rings. The predicted molar refractivity (Wildman–Crippen MR) is 72.8 cm³/mol. The van der Waals surface area contributed by atoms with E-state index in [0.29, 0.717) is 6.42 Å². The third-order valence-corrected chi connectivity index (χ3v) is 3.10. The van der Waals surface area contributed by atoms with Crippen LogP contribution in [-0.4, -0.2) is 36.2 Å². The van der Waals surface area contributed by atoms with Crippen molar-refractivity contribution in [1.82, 2.24) is 4.90 Å². The van der Waals surface area contributed by atoms with E-state index in [1.54, 1.807) is 0 Å². The number of benzene rings is 1. The molecule has 0 N–H and O–H groups in total. The van der Waals surface area contributed by atoms with Crippen LogP contribution in [-0.2, 0) is 11.2 Å². The van der Waals surface area contributed by atoms with E-state index in [0.717, 1.165) is 16.0 Å². The van der Waals surface area contributed by atoms with Crippen molar-refractivity contribution in [3.05, 3.63) is 35.4 Å². The number of rotatable bonds is 7. The van der Waals surface area contributed by atoms with E-state index in [1.807, 2.05) is 31.2 Å². The molecule has 0 radical (unpaired) electrons. The van der Waals surface area contributed by atoms with Crippen molar-refractivity contribution >= 4 is 17.5 Å². The SMILES string of the molecule is Cc1ccccc1CCC(=O)N(CCCl)CC(F)F. The van der Waals surface area contributed by atoms with E-state index in [4.69, 9.17) is 11.6 Å². The Kier molecular flexibility index (Phi) is 6.78. The number of amides is 1. The Labute approximate surface area is 117 Å². The van der Waals surface area contributed by atoms with Crippen molar-refractivity contribution in [2.45, 2.75) is 26.2 Å². The van der Waals surface area contributed by atoms with E-state index >= 15 is 0 Å². The molecule has 106 valence electrons. The van der Waals surface area contributed by atoms with Crippen LogP contribution in [0.3, 0.4) is 0 Å². The highest BCUT2D eigenvalue weighted by atomic mass is 35.5. The van der Waals surface area contributed by atoms with E-state index in [-0.39, 0.29) is 24.8 Å². The molecule has 2 nitrogen and oxygen atoms in total. The number of alkyl halides is 3. The summed E-state index contributed by atoms with van der Waals surface area (Å²) in [5, 5.41) is 0. The maximum absolute atomic E-state index is 12.4. The van der Waals surface area contributed by atoms with Gasteiger partial charge in [-0.15, -0.1) is 11.6 Å². The number of nitrogens with zero attached hydrogens (tertiary/aromatic N) is 1. The topological polar surface area (TPSA) is 20.3 Å². The third-order valence-electron chi connectivity index (χ3n) is 2.93. The second-order valence-corrected chi connectivity index (χ2v) is 4.72. The van der Waals surface area contributed by atoms with Crippen molar-refractivity contribution in [2.75, 3.05) is 19.0 Å². The van der Waals surface area contributed by atoms with Gasteiger partial charge in [-0.1, -0.05) is 24.3 Å². The molecule has 0 aromatic heterocycles. The zero-order valence-electron chi connectivity index (χ0n) is 10.9. The van der Waals surface area contributed by atoms with E-state index in [1.165, 1.54) is 0 Å². The highest BCUT2D eigenvalue weighted by Crippen LogP contribution is 2.11. The summed E-state index contributed by atoms with van der Waals surface area (Å²) in [6, 6.07) is 7.75. The van der Waals surface area contributed by atoms with Gasteiger partial charge in [0.25, 0.3) is 6.43 Å². The van der Waals surface area contributed by atoms with Crippen molar-refractivity contribution < 1.29 is 13.6 Å². The van der Waals surface area contributed by atoms with Crippen LogP contribution in [0.4, 0.5) is 8.78 Å². The molecule has 0 atom stereocenters. The van der Waals surface area contributed by atoms with Gasteiger partial charge in [-0.25, -0.2) is 8.78 Å². The minimum atomic E-state index is -2.52. The van der Waals surface area contributed by atoms with Crippen LogP contribution in [0.15, 0.2) is 24.3 Å². The van der Waals surface area contributed by atoms with E-state index in [9.17, 15) is 13.6 Å². The van der Waals surface area contributed by atoms with Crippen molar-refractivity contribution in [3.63, 3.8) is 0 Å². The van der Waals surface area contributed by atoms with Gasteiger partial charge in [-0.05, 0) is 24.5 Å². The second-order valence-electron chi connectivity index (χ2n) is 4.35. The molecule has 1 aromatic carbocycles. The second kappa shape index (κ2) is 8.10. The molecule has 19 heavy (non-hydrogen) atoms. The van der Waals surface area contributed by atoms with E-state index < -0.39 is 13.0 Å². The lowest BCUT2D eigenvalue weighted by atomic mass is 10.0. The Bertz CT molecular complexity index is 412. The molecule has 0 unspecified atom stereocenters. The lowest BCUT2D eigenvalue weighted by molar-refractivity contribution is -0.132. The quantitative estimate of drug-likeness (QED) is 0.706. The normalized spacial score (nSPS) is 10.8. The smallest absolute Gasteiger partial charge is 0.255 e.